The summed E-state index contributed by atoms with van der Waals surface area (Å²) in [5, 5.41) is 10.5. The molecule has 0 spiro atoms. The van der Waals surface area contributed by atoms with Gasteiger partial charge in [0.1, 0.15) is 5.82 Å². The van der Waals surface area contributed by atoms with Crippen molar-refractivity contribution >= 4 is 11.7 Å². The number of piperidine rings is 1. The molecular weight excluding hydrogens is 610 g/mol. The Morgan fingerprint density at radius 1 is 1.00 bits per heavy atom. The number of anilines is 1. The van der Waals surface area contributed by atoms with Crippen molar-refractivity contribution in [1.29, 1.82) is 0 Å². The van der Waals surface area contributed by atoms with E-state index in [1.807, 2.05) is 51.7 Å². The molecule has 2 aliphatic heterocycles. The molecule has 6 nitrogen and oxygen atoms in total. The summed E-state index contributed by atoms with van der Waals surface area (Å²) in [6.45, 7) is 16.3. The maximum absolute atomic E-state index is 14.0. The highest BCUT2D eigenvalue weighted by Gasteiger charge is 2.37. The van der Waals surface area contributed by atoms with Crippen LogP contribution in [0.15, 0.2) is 36.4 Å². The van der Waals surface area contributed by atoms with Crippen molar-refractivity contribution in [2.45, 2.75) is 98.7 Å². The number of carboxylic acids is 1. The molecule has 2 aliphatic rings. The van der Waals surface area contributed by atoms with Gasteiger partial charge < -0.3 is 14.7 Å². The Morgan fingerprint density at radius 3 is 2.30 bits per heavy atom. The molecule has 10 heteroatoms. The van der Waals surface area contributed by atoms with Crippen LogP contribution in [-0.2, 0) is 35.2 Å². The smallest absolute Gasteiger partial charge is 0.416 e. The van der Waals surface area contributed by atoms with E-state index in [9.17, 15) is 27.5 Å². The number of rotatable bonds is 7. The fourth-order valence-electron chi connectivity index (χ4n) is 6.87. The monoisotopic (exact) mass is 655 g/mol. The number of carbonyl (C=O) groups is 1. The highest BCUT2D eigenvalue weighted by atomic mass is 19.4. The fourth-order valence-corrected chi connectivity index (χ4v) is 6.87. The number of benzene rings is 2. The molecule has 254 valence electrons. The van der Waals surface area contributed by atoms with Gasteiger partial charge in [-0.3, -0.25) is 9.88 Å². The van der Waals surface area contributed by atoms with Crippen LogP contribution >= 0.6 is 0 Å². The van der Waals surface area contributed by atoms with Gasteiger partial charge in [-0.1, -0.05) is 32.0 Å². The number of aliphatic carboxylic acids is 1. The van der Waals surface area contributed by atoms with Crippen molar-refractivity contribution in [3.63, 3.8) is 0 Å². The number of ether oxygens (including phenoxy) is 1. The summed E-state index contributed by atoms with van der Waals surface area (Å²) >= 11 is 0. The molecule has 1 fully saturated rings. The van der Waals surface area contributed by atoms with Crippen LogP contribution in [-0.4, -0.2) is 46.2 Å². The van der Waals surface area contributed by atoms with Crippen molar-refractivity contribution in [3.05, 3.63) is 81.4 Å². The molecule has 0 radical (unpaired) electrons. The first-order valence-corrected chi connectivity index (χ1v) is 16.2. The molecule has 1 N–H and O–H groups in total. The second kappa shape index (κ2) is 12.8. The SMILES string of the molecule is Cc1nc(C)c(C(OC(C)(C)C)C(=O)O)c(N2CCC(C)(C)CC2)c1-c1ccc2c(c1)CCN(Cc1cc(F)ccc1C(F)(F)F)C2. The average Bonchev–Trinajstić information content (AvgIpc) is 2.94. The van der Waals surface area contributed by atoms with Crippen LogP contribution in [0, 0.1) is 25.1 Å². The number of pyridine rings is 1. The Bertz CT molecular complexity index is 1650. The van der Waals surface area contributed by atoms with Gasteiger partial charge >= 0.3 is 12.1 Å². The second-order valence-corrected chi connectivity index (χ2v) is 14.8. The van der Waals surface area contributed by atoms with Crippen LogP contribution < -0.4 is 4.90 Å². The zero-order valence-electron chi connectivity index (χ0n) is 28.3. The van der Waals surface area contributed by atoms with Gasteiger partial charge in [0.15, 0.2) is 6.10 Å². The van der Waals surface area contributed by atoms with Crippen molar-refractivity contribution in [2.75, 3.05) is 24.5 Å². The highest BCUT2D eigenvalue weighted by Crippen LogP contribution is 2.45. The zero-order chi connectivity index (χ0) is 34.5. The van der Waals surface area contributed by atoms with Gasteiger partial charge in [0.2, 0.25) is 0 Å². The third-order valence-corrected chi connectivity index (χ3v) is 9.32. The minimum Gasteiger partial charge on any atom is -0.479 e. The van der Waals surface area contributed by atoms with Gasteiger partial charge in [-0.15, -0.1) is 0 Å². The second-order valence-electron chi connectivity index (χ2n) is 14.8. The largest absolute Gasteiger partial charge is 0.479 e. The maximum Gasteiger partial charge on any atom is 0.416 e. The fraction of sp³-hybridized carbons (Fsp3) is 0.514. The summed E-state index contributed by atoms with van der Waals surface area (Å²) in [4.78, 5) is 21.9. The van der Waals surface area contributed by atoms with Crippen LogP contribution in [0.4, 0.5) is 23.2 Å². The average molecular weight is 656 g/mol. The molecule has 2 aromatic carbocycles. The van der Waals surface area contributed by atoms with E-state index in [2.05, 4.69) is 24.8 Å². The third-order valence-electron chi connectivity index (χ3n) is 9.32. The number of aryl methyl sites for hydroxylation is 2. The number of carboxylic acid groups (broad SMARTS) is 1. The molecule has 3 heterocycles. The van der Waals surface area contributed by atoms with Gasteiger partial charge in [-0.05, 0) is 99.7 Å². The molecule has 47 heavy (non-hydrogen) atoms. The summed E-state index contributed by atoms with van der Waals surface area (Å²) in [6.07, 6.45) is -3.29. The lowest BCUT2D eigenvalue weighted by Gasteiger charge is -2.41. The summed E-state index contributed by atoms with van der Waals surface area (Å²) in [5.41, 5.74) is 5.21. The zero-order valence-corrected chi connectivity index (χ0v) is 28.3. The van der Waals surface area contributed by atoms with Crippen molar-refractivity contribution in [2.24, 2.45) is 5.41 Å². The number of hydrogen-bond acceptors (Lipinski definition) is 5. The van der Waals surface area contributed by atoms with E-state index < -0.39 is 35.2 Å². The Kier molecular flexibility index (Phi) is 9.51. The number of alkyl halides is 3. The molecule has 0 bridgehead atoms. The van der Waals surface area contributed by atoms with E-state index in [-0.39, 0.29) is 17.5 Å². The van der Waals surface area contributed by atoms with Crippen molar-refractivity contribution in [3.8, 4) is 11.1 Å². The van der Waals surface area contributed by atoms with Crippen LogP contribution in [0.1, 0.15) is 92.8 Å². The minimum atomic E-state index is -4.57. The molecule has 0 aliphatic carbocycles. The van der Waals surface area contributed by atoms with Crippen LogP contribution in [0.5, 0.6) is 0 Å². The van der Waals surface area contributed by atoms with Gasteiger partial charge in [-0.25, -0.2) is 9.18 Å². The quantitative estimate of drug-likeness (QED) is 0.257. The predicted octanol–water partition coefficient (Wildman–Crippen LogP) is 8.65. The van der Waals surface area contributed by atoms with Gasteiger partial charge in [0, 0.05) is 55.2 Å². The molecule has 1 aromatic heterocycles. The van der Waals surface area contributed by atoms with Gasteiger partial charge in [0.25, 0.3) is 0 Å². The maximum atomic E-state index is 14.0. The Morgan fingerprint density at radius 2 is 1.68 bits per heavy atom. The van der Waals surface area contributed by atoms with Crippen LogP contribution in [0.2, 0.25) is 0 Å². The first-order valence-electron chi connectivity index (χ1n) is 16.2. The number of aromatic nitrogens is 1. The van der Waals surface area contributed by atoms with E-state index in [1.165, 1.54) is 0 Å². The van der Waals surface area contributed by atoms with Gasteiger partial charge in [0.05, 0.1) is 16.9 Å². The third kappa shape index (κ3) is 7.81. The summed E-state index contributed by atoms with van der Waals surface area (Å²) in [7, 11) is 0. The number of fused-ring (bicyclic) bond motifs is 1. The molecule has 1 unspecified atom stereocenters. The van der Waals surface area contributed by atoms with Crippen molar-refractivity contribution < 1.29 is 32.2 Å². The lowest BCUT2D eigenvalue weighted by molar-refractivity contribution is -0.160. The number of nitrogens with zero attached hydrogens (tertiary/aromatic N) is 3. The Hall–Kier alpha value is -3.50. The van der Waals surface area contributed by atoms with E-state index in [0.717, 1.165) is 77.8 Å². The van der Waals surface area contributed by atoms with E-state index in [4.69, 9.17) is 9.72 Å². The van der Waals surface area contributed by atoms with Crippen molar-refractivity contribution in [1.82, 2.24) is 9.88 Å². The molecule has 5 rings (SSSR count). The van der Waals surface area contributed by atoms with E-state index in [0.29, 0.717) is 30.8 Å². The Labute approximate surface area is 274 Å². The summed E-state index contributed by atoms with van der Waals surface area (Å²) in [6, 6.07) is 8.73. The first kappa shape index (κ1) is 34.8. The Balaban J connectivity index is 1.55. The van der Waals surface area contributed by atoms with E-state index in [1.54, 1.807) is 0 Å². The lowest BCUT2D eigenvalue weighted by atomic mass is 9.81. The van der Waals surface area contributed by atoms with Crippen LogP contribution in [0.25, 0.3) is 11.1 Å². The molecule has 3 aromatic rings. The number of hydrogen-bond donors (Lipinski definition) is 1. The first-order chi connectivity index (χ1) is 21.8. The normalized spacial score (nSPS) is 17.8. The molecule has 1 atom stereocenters. The molecule has 0 saturated carbocycles. The predicted molar refractivity (Wildman–Crippen MR) is 175 cm³/mol. The van der Waals surface area contributed by atoms with E-state index >= 15 is 0 Å². The standard InChI is InChI=1S/C37H45F4N3O3/c1-22-30(32(44-16-13-36(6,7)14-17-44)31(23(2)42-22)33(34(45)46)47-35(3,4)5)25-8-9-26-20-43(15-12-24(26)18-25)21-27-19-28(38)10-11-29(27)37(39,40)41/h8-11,18-19,33H,12-17,20-21H2,1-7H3,(H,45,46). The molecular formula is C37H45F4N3O3. The highest BCUT2D eigenvalue weighted by molar-refractivity contribution is 5.88. The molecule has 0 amide bonds. The molecule has 1 saturated heterocycles. The summed E-state index contributed by atoms with van der Waals surface area (Å²) < 4.78 is 61.1. The number of halogens is 4. The lowest BCUT2D eigenvalue weighted by Crippen LogP contribution is -2.39. The summed E-state index contributed by atoms with van der Waals surface area (Å²) in [5.74, 6) is -1.77. The topological polar surface area (TPSA) is 65.9 Å². The van der Waals surface area contributed by atoms with Crippen LogP contribution in [0.3, 0.4) is 0 Å². The van der Waals surface area contributed by atoms with Gasteiger partial charge in [-0.2, -0.15) is 13.2 Å². The minimum absolute atomic E-state index is 0.0159.